The molecule has 20 heavy (non-hydrogen) atoms. The van der Waals surface area contributed by atoms with Crippen LogP contribution >= 0.6 is 0 Å². The van der Waals surface area contributed by atoms with E-state index in [1.165, 1.54) is 36.1 Å². The van der Waals surface area contributed by atoms with E-state index in [1.54, 1.807) is 0 Å². The summed E-state index contributed by atoms with van der Waals surface area (Å²) in [6.07, 6.45) is 4.65. The highest BCUT2D eigenvalue weighted by molar-refractivity contribution is 5.51. The first-order chi connectivity index (χ1) is 9.49. The minimum atomic E-state index is 0.227. The van der Waals surface area contributed by atoms with Crippen molar-refractivity contribution in [1.82, 2.24) is 0 Å². The molecule has 2 nitrogen and oxygen atoms in total. The highest BCUT2D eigenvalue weighted by Crippen LogP contribution is 2.23. The zero-order valence-corrected chi connectivity index (χ0v) is 13.9. The van der Waals surface area contributed by atoms with E-state index in [2.05, 4.69) is 57.7 Å². The van der Waals surface area contributed by atoms with Gasteiger partial charge in [0.2, 0.25) is 0 Å². The molecule has 114 valence electrons. The summed E-state index contributed by atoms with van der Waals surface area (Å²) in [5.41, 5.74) is 10.0. The molecule has 2 heteroatoms. The number of benzene rings is 1. The fourth-order valence-electron chi connectivity index (χ4n) is 2.59. The van der Waals surface area contributed by atoms with Gasteiger partial charge < -0.3 is 10.6 Å². The van der Waals surface area contributed by atoms with Gasteiger partial charge in [0.1, 0.15) is 0 Å². The zero-order chi connectivity index (χ0) is 15.1. The fourth-order valence-corrected chi connectivity index (χ4v) is 2.59. The summed E-state index contributed by atoms with van der Waals surface area (Å²) in [7, 11) is 0. The summed E-state index contributed by atoms with van der Waals surface area (Å²) < 4.78 is 0. The summed E-state index contributed by atoms with van der Waals surface area (Å²) in [6.45, 7) is 12.3. The van der Waals surface area contributed by atoms with Crippen molar-refractivity contribution in [1.29, 1.82) is 0 Å². The SMILES string of the molecule is CCCCN(c1ccc(CC(C)N)c(C)c1)C(C)CC. The van der Waals surface area contributed by atoms with Crippen molar-refractivity contribution in [2.45, 2.75) is 72.4 Å². The Hall–Kier alpha value is -1.02. The molecule has 0 saturated heterocycles. The molecular weight excluding hydrogens is 244 g/mol. The third-order valence-corrected chi connectivity index (χ3v) is 4.08. The summed E-state index contributed by atoms with van der Waals surface area (Å²) in [5.74, 6) is 0. The largest absolute Gasteiger partial charge is 0.369 e. The lowest BCUT2D eigenvalue weighted by Gasteiger charge is -2.31. The van der Waals surface area contributed by atoms with Crippen LogP contribution in [0.2, 0.25) is 0 Å². The Morgan fingerprint density at radius 2 is 1.90 bits per heavy atom. The van der Waals surface area contributed by atoms with Crippen molar-refractivity contribution in [2.75, 3.05) is 11.4 Å². The second-order valence-electron chi connectivity index (χ2n) is 6.10. The maximum Gasteiger partial charge on any atom is 0.0371 e. The minimum Gasteiger partial charge on any atom is -0.369 e. The molecule has 0 aromatic heterocycles. The van der Waals surface area contributed by atoms with Gasteiger partial charge in [0, 0.05) is 24.3 Å². The number of nitrogens with zero attached hydrogens (tertiary/aromatic N) is 1. The van der Waals surface area contributed by atoms with Crippen molar-refractivity contribution in [2.24, 2.45) is 5.73 Å². The van der Waals surface area contributed by atoms with E-state index in [9.17, 15) is 0 Å². The number of nitrogens with two attached hydrogens (primary N) is 1. The molecule has 0 amide bonds. The number of hydrogen-bond acceptors (Lipinski definition) is 2. The Balaban J connectivity index is 2.93. The van der Waals surface area contributed by atoms with Gasteiger partial charge >= 0.3 is 0 Å². The average Bonchev–Trinajstić information content (AvgIpc) is 2.41. The smallest absolute Gasteiger partial charge is 0.0371 e. The number of anilines is 1. The molecule has 0 bridgehead atoms. The highest BCUT2D eigenvalue weighted by Gasteiger charge is 2.13. The van der Waals surface area contributed by atoms with Crippen LogP contribution in [0, 0.1) is 6.92 Å². The first kappa shape index (κ1) is 17.0. The lowest BCUT2D eigenvalue weighted by Crippen LogP contribution is -2.33. The van der Waals surface area contributed by atoms with Crippen LogP contribution in [0.5, 0.6) is 0 Å². The van der Waals surface area contributed by atoms with E-state index >= 15 is 0 Å². The van der Waals surface area contributed by atoms with Gasteiger partial charge in [-0.1, -0.05) is 26.3 Å². The van der Waals surface area contributed by atoms with Gasteiger partial charge in [-0.2, -0.15) is 0 Å². The Morgan fingerprint density at radius 1 is 1.20 bits per heavy atom. The lowest BCUT2D eigenvalue weighted by molar-refractivity contribution is 0.595. The zero-order valence-electron chi connectivity index (χ0n) is 13.9. The van der Waals surface area contributed by atoms with Crippen molar-refractivity contribution in [3.63, 3.8) is 0 Å². The summed E-state index contributed by atoms with van der Waals surface area (Å²) in [5, 5.41) is 0. The van der Waals surface area contributed by atoms with Crippen LogP contribution in [-0.4, -0.2) is 18.6 Å². The van der Waals surface area contributed by atoms with E-state index in [4.69, 9.17) is 5.73 Å². The molecule has 2 atom stereocenters. The van der Waals surface area contributed by atoms with Crippen molar-refractivity contribution in [3.05, 3.63) is 29.3 Å². The number of unbranched alkanes of at least 4 members (excludes halogenated alkanes) is 1. The molecule has 0 heterocycles. The average molecular weight is 276 g/mol. The van der Waals surface area contributed by atoms with E-state index in [0.29, 0.717) is 6.04 Å². The third-order valence-electron chi connectivity index (χ3n) is 4.08. The Bertz CT molecular complexity index is 398. The third kappa shape index (κ3) is 4.82. The molecule has 0 aliphatic heterocycles. The van der Waals surface area contributed by atoms with Crippen molar-refractivity contribution < 1.29 is 0 Å². The predicted molar refractivity (Wildman–Crippen MR) is 90.5 cm³/mol. The fraction of sp³-hybridized carbons (Fsp3) is 0.667. The van der Waals surface area contributed by atoms with Crippen LogP contribution in [0.1, 0.15) is 58.1 Å². The summed E-state index contributed by atoms with van der Waals surface area (Å²) in [6, 6.07) is 7.69. The molecule has 1 rings (SSSR count). The maximum atomic E-state index is 5.92. The van der Waals surface area contributed by atoms with Crippen LogP contribution in [0.3, 0.4) is 0 Å². The first-order valence-corrected chi connectivity index (χ1v) is 8.11. The molecule has 0 aliphatic rings. The van der Waals surface area contributed by atoms with Crippen LogP contribution < -0.4 is 10.6 Å². The van der Waals surface area contributed by atoms with Gasteiger partial charge in [-0.25, -0.2) is 0 Å². The standard InChI is InChI=1S/C18H32N2/c1-6-8-11-20(16(5)7-2)18-10-9-17(13-15(4)19)14(3)12-18/h9-10,12,15-16H,6-8,11,13,19H2,1-5H3. The molecule has 0 aliphatic carbocycles. The predicted octanol–water partition coefficient (Wildman–Crippen LogP) is 4.29. The van der Waals surface area contributed by atoms with Crippen molar-refractivity contribution in [3.8, 4) is 0 Å². The molecule has 0 radical (unpaired) electrons. The van der Waals surface area contributed by atoms with E-state index in [-0.39, 0.29) is 6.04 Å². The first-order valence-electron chi connectivity index (χ1n) is 8.11. The molecule has 1 aromatic carbocycles. The normalized spacial score (nSPS) is 14.1. The van der Waals surface area contributed by atoms with Crippen LogP contribution in [0.15, 0.2) is 18.2 Å². The Morgan fingerprint density at radius 3 is 2.40 bits per heavy atom. The second kappa shape index (κ2) is 8.31. The Kier molecular flexibility index (Phi) is 7.08. The maximum absolute atomic E-state index is 5.92. The van der Waals surface area contributed by atoms with Gasteiger partial charge in [0.25, 0.3) is 0 Å². The van der Waals surface area contributed by atoms with Crippen LogP contribution in [0.4, 0.5) is 5.69 Å². The quantitative estimate of drug-likeness (QED) is 0.767. The van der Waals surface area contributed by atoms with E-state index in [1.807, 2.05) is 0 Å². The van der Waals surface area contributed by atoms with Crippen LogP contribution in [-0.2, 0) is 6.42 Å². The molecule has 2 unspecified atom stereocenters. The van der Waals surface area contributed by atoms with Gasteiger partial charge in [-0.15, -0.1) is 0 Å². The number of rotatable bonds is 8. The molecule has 0 fully saturated rings. The summed E-state index contributed by atoms with van der Waals surface area (Å²) >= 11 is 0. The lowest BCUT2D eigenvalue weighted by atomic mass is 10.0. The molecule has 0 saturated carbocycles. The number of hydrogen-bond donors (Lipinski definition) is 1. The van der Waals surface area contributed by atoms with E-state index < -0.39 is 0 Å². The van der Waals surface area contributed by atoms with Gasteiger partial charge in [0.05, 0.1) is 0 Å². The van der Waals surface area contributed by atoms with E-state index in [0.717, 1.165) is 13.0 Å². The summed E-state index contributed by atoms with van der Waals surface area (Å²) in [4.78, 5) is 2.55. The number of aryl methyl sites for hydroxylation is 1. The molecule has 1 aromatic rings. The van der Waals surface area contributed by atoms with Gasteiger partial charge in [0.15, 0.2) is 0 Å². The molecule has 0 spiro atoms. The molecular formula is C18H32N2. The second-order valence-corrected chi connectivity index (χ2v) is 6.10. The Labute approximate surface area is 125 Å². The van der Waals surface area contributed by atoms with Gasteiger partial charge in [-0.05, 0) is 63.3 Å². The topological polar surface area (TPSA) is 29.3 Å². The highest BCUT2D eigenvalue weighted by atomic mass is 15.2. The minimum absolute atomic E-state index is 0.227. The molecule has 2 N–H and O–H groups in total. The van der Waals surface area contributed by atoms with Gasteiger partial charge in [-0.3, -0.25) is 0 Å². The monoisotopic (exact) mass is 276 g/mol. The van der Waals surface area contributed by atoms with Crippen molar-refractivity contribution >= 4 is 5.69 Å². The van der Waals surface area contributed by atoms with Crippen LogP contribution in [0.25, 0.3) is 0 Å².